The average Bonchev–Trinajstić information content (AvgIpc) is 2.55. The first-order chi connectivity index (χ1) is 10.6. The second-order valence-corrected chi connectivity index (χ2v) is 7.74. The van der Waals surface area contributed by atoms with E-state index in [1.54, 1.807) is 7.11 Å². The highest BCUT2D eigenvalue weighted by atomic mass is 35.5. The smallest absolute Gasteiger partial charge is 0.118 e. The van der Waals surface area contributed by atoms with Crippen LogP contribution in [0.5, 0.6) is 5.75 Å². The Morgan fingerprint density at radius 3 is 2.41 bits per heavy atom. The molecular formula is C20H31ClO. The van der Waals surface area contributed by atoms with Gasteiger partial charge in [0.25, 0.3) is 0 Å². The fourth-order valence-corrected chi connectivity index (χ4v) is 3.94. The molecule has 1 aromatic rings. The van der Waals surface area contributed by atoms with E-state index in [-0.39, 0.29) is 4.87 Å². The molecule has 0 bridgehead atoms. The molecule has 0 atom stereocenters. The quantitative estimate of drug-likeness (QED) is 0.399. The molecule has 124 valence electrons. The largest absolute Gasteiger partial charge is 0.497 e. The third kappa shape index (κ3) is 5.50. The molecule has 0 saturated heterocycles. The van der Waals surface area contributed by atoms with E-state index in [9.17, 15) is 0 Å². The second-order valence-electron chi connectivity index (χ2n) is 6.94. The van der Waals surface area contributed by atoms with Crippen LogP contribution in [0.1, 0.15) is 70.3 Å². The van der Waals surface area contributed by atoms with Crippen molar-refractivity contribution in [3.8, 4) is 5.75 Å². The first-order valence-electron chi connectivity index (χ1n) is 8.97. The molecule has 0 spiro atoms. The summed E-state index contributed by atoms with van der Waals surface area (Å²) in [6.45, 7) is 2.26. The lowest BCUT2D eigenvalue weighted by Gasteiger charge is -2.35. The Kier molecular flexibility index (Phi) is 7.08. The number of hydrogen-bond acceptors (Lipinski definition) is 1. The minimum absolute atomic E-state index is 0.117. The predicted molar refractivity (Wildman–Crippen MR) is 96.0 cm³/mol. The van der Waals surface area contributed by atoms with Crippen LogP contribution in [0, 0.1) is 5.92 Å². The summed E-state index contributed by atoms with van der Waals surface area (Å²) in [6.07, 6.45) is 12.7. The molecule has 1 aliphatic carbocycles. The highest BCUT2D eigenvalue weighted by molar-refractivity contribution is 6.23. The van der Waals surface area contributed by atoms with Crippen molar-refractivity contribution in [1.29, 1.82) is 0 Å². The molecule has 2 heteroatoms. The van der Waals surface area contributed by atoms with Gasteiger partial charge in [0.05, 0.1) is 7.11 Å². The van der Waals surface area contributed by atoms with Crippen LogP contribution in [-0.2, 0) is 6.42 Å². The first kappa shape index (κ1) is 17.7. The zero-order chi connectivity index (χ0) is 15.8. The number of halogens is 1. The van der Waals surface area contributed by atoms with Gasteiger partial charge in [-0.15, -0.1) is 11.6 Å². The van der Waals surface area contributed by atoms with E-state index in [1.807, 2.05) is 0 Å². The lowest BCUT2D eigenvalue weighted by Crippen LogP contribution is -2.28. The predicted octanol–water partition coefficient (Wildman–Crippen LogP) is 6.38. The topological polar surface area (TPSA) is 9.23 Å². The summed E-state index contributed by atoms with van der Waals surface area (Å²) >= 11 is 6.81. The Morgan fingerprint density at radius 2 is 1.82 bits per heavy atom. The van der Waals surface area contributed by atoms with Crippen LogP contribution in [0.3, 0.4) is 0 Å². The van der Waals surface area contributed by atoms with E-state index in [2.05, 4.69) is 31.2 Å². The number of rotatable bonds is 8. The van der Waals surface area contributed by atoms with Crippen LogP contribution in [0.4, 0.5) is 0 Å². The lowest BCUT2D eigenvalue weighted by atomic mass is 9.77. The summed E-state index contributed by atoms with van der Waals surface area (Å²) in [5, 5.41) is 0. The van der Waals surface area contributed by atoms with Crippen LogP contribution in [0.25, 0.3) is 0 Å². The van der Waals surface area contributed by atoms with Gasteiger partial charge in [-0.1, -0.05) is 38.3 Å². The number of unbranched alkanes of at least 4 members (excludes halogenated alkanes) is 2. The molecule has 2 rings (SSSR count). The molecule has 1 aromatic carbocycles. The van der Waals surface area contributed by atoms with E-state index in [1.165, 1.54) is 69.8 Å². The molecule has 0 amide bonds. The van der Waals surface area contributed by atoms with E-state index < -0.39 is 0 Å². The maximum absolute atomic E-state index is 6.81. The Hall–Kier alpha value is -0.690. The standard InChI is InChI=1S/C20H31ClO/c1-3-4-5-14-20(21)15-12-18(13-16-20)7-6-17-8-10-19(22-2)11-9-17/h8-11,18H,3-7,12-16H2,1-2H3/t18-,20-. The van der Waals surface area contributed by atoms with Crippen LogP contribution in [-0.4, -0.2) is 12.0 Å². The van der Waals surface area contributed by atoms with Crippen LogP contribution >= 0.6 is 11.6 Å². The third-order valence-electron chi connectivity index (χ3n) is 5.23. The minimum Gasteiger partial charge on any atom is -0.497 e. The fraction of sp³-hybridized carbons (Fsp3) is 0.700. The number of hydrogen-bond donors (Lipinski definition) is 0. The molecule has 1 saturated carbocycles. The number of aryl methyl sites for hydroxylation is 1. The van der Waals surface area contributed by atoms with Gasteiger partial charge in [-0.05, 0) is 68.6 Å². The van der Waals surface area contributed by atoms with E-state index in [4.69, 9.17) is 16.3 Å². The molecule has 0 aliphatic heterocycles. The van der Waals surface area contributed by atoms with Gasteiger partial charge >= 0.3 is 0 Å². The third-order valence-corrected chi connectivity index (χ3v) is 5.80. The van der Waals surface area contributed by atoms with Gasteiger partial charge in [0, 0.05) is 4.87 Å². The zero-order valence-electron chi connectivity index (χ0n) is 14.2. The summed E-state index contributed by atoms with van der Waals surface area (Å²) in [5.41, 5.74) is 1.42. The van der Waals surface area contributed by atoms with Crippen molar-refractivity contribution in [3.05, 3.63) is 29.8 Å². The van der Waals surface area contributed by atoms with Gasteiger partial charge < -0.3 is 4.74 Å². The molecule has 1 nitrogen and oxygen atoms in total. The Bertz CT molecular complexity index is 418. The van der Waals surface area contributed by atoms with Crippen LogP contribution in [0.15, 0.2) is 24.3 Å². The molecule has 0 radical (unpaired) electrons. The van der Waals surface area contributed by atoms with E-state index >= 15 is 0 Å². The normalized spacial score (nSPS) is 25.1. The highest BCUT2D eigenvalue weighted by Gasteiger charge is 2.32. The van der Waals surface area contributed by atoms with Crippen molar-refractivity contribution in [2.45, 2.75) is 76.0 Å². The molecule has 0 N–H and O–H groups in total. The van der Waals surface area contributed by atoms with Gasteiger partial charge in [-0.25, -0.2) is 0 Å². The Labute approximate surface area is 141 Å². The zero-order valence-corrected chi connectivity index (χ0v) is 15.0. The van der Waals surface area contributed by atoms with Gasteiger partial charge in [-0.2, -0.15) is 0 Å². The van der Waals surface area contributed by atoms with Crippen LogP contribution < -0.4 is 4.74 Å². The van der Waals surface area contributed by atoms with Crippen molar-refractivity contribution in [2.24, 2.45) is 5.92 Å². The SMILES string of the molecule is CCCCC[C@]1(Cl)CC[C@H](CCc2ccc(OC)cc2)CC1. The molecule has 0 aromatic heterocycles. The highest BCUT2D eigenvalue weighted by Crippen LogP contribution is 2.41. The maximum atomic E-state index is 6.81. The number of methoxy groups -OCH3 is 1. The van der Waals surface area contributed by atoms with Crippen molar-refractivity contribution in [3.63, 3.8) is 0 Å². The van der Waals surface area contributed by atoms with Crippen molar-refractivity contribution >= 4 is 11.6 Å². The van der Waals surface area contributed by atoms with E-state index in [0.717, 1.165) is 11.7 Å². The van der Waals surface area contributed by atoms with Gasteiger partial charge in [-0.3, -0.25) is 0 Å². The molecule has 1 aliphatic rings. The van der Waals surface area contributed by atoms with Gasteiger partial charge in [0.15, 0.2) is 0 Å². The van der Waals surface area contributed by atoms with Gasteiger partial charge in [0.2, 0.25) is 0 Å². The fourth-order valence-electron chi connectivity index (χ4n) is 3.59. The maximum Gasteiger partial charge on any atom is 0.118 e. The Balaban J connectivity index is 1.70. The van der Waals surface area contributed by atoms with Crippen molar-refractivity contribution < 1.29 is 4.74 Å². The molecule has 0 unspecified atom stereocenters. The first-order valence-corrected chi connectivity index (χ1v) is 9.35. The number of alkyl halides is 1. The summed E-state index contributed by atoms with van der Waals surface area (Å²) < 4.78 is 5.21. The van der Waals surface area contributed by atoms with Crippen LogP contribution in [0.2, 0.25) is 0 Å². The second kappa shape index (κ2) is 8.82. The lowest BCUT2D eigenvalue weighted by molar-refractivity contribution is 0.269. The van der Waals surface area contributed by atoms with E-state index in [0.29, 0.717) is 0 Å². The molecule has 0 heterocycles. The number of benzene rings is 1. The van der Waals surface area contributed by atoms with Crippen molar-refractivity contribution in [2.75, 3.05) is 7.11 Å². The summed E-state index contributed by atoms with van der Waals surface area (Å²) in [4.78, 5) is 0.117. The summed E-state index contributed by atoms with van der Waals surface area (Å²) in [6, 6.07) is 8.51. The Morgan fingerprint density at radius 1 is 1.14 bits per heavy atom. The molecule has 1 fully saturated rings. The van der Waals surface area contributed by atoms with Crippen molar-refractivity contribution in [1.82, 2.24) is 0 Å². The minimum atomic E-state index is 0.117. The number of ether oxygens (including phenoxy) is 1. The average molecular weight is 323 g/mol. The van der Waals surface area contributed by atoms with Gasteiger partial charge in [0.1, 0.15) is 5.75 Å². The summed E-state index contributed by atoms with van der Waals surface area (Å²) in [5.74, 6) is 1.81. The monoisotopic (exact) mass is 322 g/mol. The molecular weight excluding hydrogens is 292 g/mol. The summed E-state index contributed by atoms with van der Waals surface area (Å²) in [7, 11) is 1.72. The molecule has 22 heavy (non-hydrogen) atoms.